The molecular formula is C31H38F2N8O2. The summed E-state index contributed by atoms with van der Waals surface area (Å²) in [6, 6.07) is 3.53. The van der Waals surface area contributed by atoms with Gasteiger partial charge >= 0.3 is 6.03 Å². The third-order valence-electron chi connectivity index (χ3n) is 9.49. The Labute approximate surface area is 249 Å². The minimum absolute atomic E-state index is 0.0216. The molecule has 2 fully saturated rings. The van der Waals surface area contributed by atoms with Crippen molar-refractivity contribution in [1.82, 2.24) is 34.7 Å². The number of amides is 3. The summed E-state index contributed by atoms with van der Waals surface area (Å²) in [5.74, 6) is 1.25. The molecule has 3 aliphatic heterocycles. The molecule has 5 heterocycles. The van der Waals surface area contributed by atoms with E-state index in [2.05, 4.69) is 20.0 Å². The number of urea groups is 1. The predicted molar refractivity (Wildman–Crippen MR) is 157 cm³/mol. The van der Waals surface area contributed by atoms with Gasteiger partial charge in [-0.3, -0.25) is 14.2 Å². The number of halogens is 2. The van der Waals surface area contributed by atoms with E-state index in [9.17, 15) is 18.4 Å². The Balaban J connectivity index is 1.27. The number of rotatable bonds is 5. The van der Waals surface area contributed by atoms with E-state index < -0.39 is 6.43 Å². The summed E-state index contributed by atoms with van der Waals surface area (Å²) < 4.78 is 32.8. The van der Waals surface area contributed by atoms with Gasteiger partial charge in [-0.25, -0.2) is 13.6 Å². The largest absolute Gasteiger partial charge is 0.342 e. The van der Waals surface area contributed by atoms with Gasteiger partial charge in [0, 0.05) is 86.9 Å². The summed E-state index contributed by atoms with van der Waals surface area (Å²) >= 11 is 0. The standard InChI is InChI=1S/C31H38F2N8O2/c1-34-31(43)39-13-9-26-25(18-39)29(36-41(26)22-7-11-38(12-8-22)30(42)19-5-6-19)40-10-3-4-20-14-23(21-16-35-37(2)17-21)24(28(32)33)15-27(20)40/h14-17,19,22,28H,3-13,18H2,1-2H3,(H,34,43). The molecule has 3 aromatic rings. The highest BCUT2D eigenvalue weighted by atomic mass is 19.3. The molecule has 7 rings (SSSR count). The number of nitrogens with one attached hydrogen (secondary N) is 1. The third kappa shape index (κ3) is 5.04. The second-order valence-electron chi connectivity index (χ2n) is 12.3. The molecule has 0 bridgehead atoms. The van der Waals surface area contributed by atoms with Crippen molar-refractivity contribution in [3.8, 4) is 11.1 Å². The lowest BCUT2D eigenvalue weighted by atomic mass is 9.92. The second kappa shape index (κ2) is 10.9. The molecule has 0 spiro atoms. The number of aryl methyl sites for hydroxylation is 2. The van der Waals surface area contributed by atoms with Crippen molar-refractivity contribution < 1.29 is 18.4 Å². The summed E-state index contributed by atoms with van der Waals surface area (Å²) in [5, 5.41) is 12.2. The fourth-order valence-electron chi connectivity index (χ4n) is 7.06. The Morgan fingerprint density at radius 3 is 2.49 bits per heavy atom. The number of benzene rings is 1. The lowest BCUT2D eigenvalue weighted by Gasteiger charge is -2.34. The Morgan fingerprint density at radius 1 is 1.02 bits per heavy atom. The van der Waals surface area contributed by atoms with Gasteiger partial charge in [-0.05, 0) is 61.8 Å². The summed E-state index contributed by atoms with van der Waals surface area (Å²) in [4.78, 5) is 31.2. The highest BCUT2D eigenvalue weighted by Gasteiger charge is 2.38. The first kappa shape index (κ1) is 27.8. The number of carbonyl (C=O) groups excluding carboxylic acids is 2. The van der Waals surface area contributed by atoms with E-state index in [-0.39, 0.29) is 29.5 Å². The van der Waals surface area contributed by atoms with Gasteiger partial charge in [0.2, 0.25) is 5.91 Å². The molecule has 2 aromatic heterocycles. The minimum atomic E-state index is -2.65. The molecule has 4 aliphatic rings. The van der Waals surface area contributed by atoms with Gasteiger partial charge in [-0.15, -0.1) is 0 Å². The average Bonchev–Trinajstić information content (AvgIpc) is 3.68. The number of nitrogens with zero attached hydrogens (tertiary/aromatic N) is 7. The monoisotopic (exact) mass is 592 g/mol. The SMILES string of the molecule is CNC(=O)N1CCc2c(c(N3CCCc4cc(-c5cnn(C)c5)c(C(F)F)cc43)nn2C2CCN(C(=O)C3CC3)CC2)C1. The summed E-state index contributed by atoms with van der Waals surface area (Å²) in [5.41, 5.74) is 5.00. The van der Waals surface area contributed by atoms with Crippen LogP contribution in [0.5, 0.6) is 0 Å². The van der Waals surface area contributed by atoms with Crippen molar-refractivity contribution in [2.75, 3.05) is 38.1 Å². The molecule has 10 nitrogen and oxygen atoms in total. The number of aromatic nitrogens is 4. The van der Waals surface area contributed by atoms with Crippen LogP contribution in [0.4, 0.5) is 25.1 Å². The maximum Gasteiger partial charge on any atom is 0.317 e. The molecule has 0 atom stereocenters. The number of anilines is 2. The Bertz CT molecular complexity index is 1550. The topological polar surface area (TPSA) is 91.5 Å². The molecule has 12 heteroatoms. The Morgan fingerprint density at radius 2 is 1.81 bits per heavy atom. The molecule has 1 aliphatic carbocycles. The maximum atomic E-state index is 14.5. The van der Waals surface area contributed by atoms with Crippen LogP contribution in [-0.2, 0) is 31.2 Å². The molecule has 1 N–H and O–H groups in total. The molecular weight excluding hydrogens is 554 g/mol. The number of alkyl halides is 2. The number of hydrogen-bond donors (Lipinski definition) is 1. The van der Waals surface area contributed by atoms with Gasteiger partial charge in [0.15, 0.2) is 5.82 Å². The van der Waals surface area contributed by atoms with Crippen molar-refractivity contribution in [3.05, 3.63) is 46.9 Å². The first-order chi connectivity index (χ1) is 20.8. The third-order valence-corrected chi connectivity index (χ3v) is 9.49. The van der Waals surface area contributed by atoms with Crippen molar-refractivity contribution in [2.45, 2.75) is 64.0 Å². The Kier molecular flexibility index (Phi) is 7.09. The van der Waals surface area contributed by atoms with Gasteiger partial charge in [0.05, 0.1) is 18.8 Å². The van der Waals surface area contributed by atoms with Crippen LogP contribution in [0.1, 0.15) is 67.0 Å². The fraction of sp³-hybridized carbons (Fsp3) is 0.548. The zero-order chi connectivity index (χ0) is 29.8. The zero-order valence-electron chi connectivity index (χ0n) is 24.7. The van der Waals surface area contributed by atoms with Crippen LogP contribution in [0.2, 0.25) is 0 Å². The molecule has 3 amide bonds. The molecule has 0 unspecified atom stereocenters. The smallest absolute Gasteiger partial charge is 0.317 e. The van der Waals surface area contributed by atoms with Gasteiger partial charge in [0.25, 0.3) is 6.43 Å². The van der Waals surface area contributed by atoms with Crippen molar-refractivity contribution in [2.24, 2.45) is 13.0 Å². The first-order valence-corrected chi connectivity index (χ1v) is 15.4. The quantitative estimate of drug-likeness (QED) is 0.469. The predicted octanol–water partition coefficient (Wildman–Crippen LogP) is 4.58. The van der Waals surface area contributed by atoms with E-state index >= 15 is 0 Å². The van der Waals surface area contributed by atoms with Gasteiger partial charge in [-0.2, -0.15) is 10.2 Å². The average molecular weight is 593 g/mol. The van der Waals surface area contributed by atoms with E-state index in [1.54, 1.807) is 42.1 Å². The van der Waals surface area contributed by atoms with E-state index in [1.165, 1.54) is 0 Å². The summed E-state index contributed by atoms with van der Waals surface area (Å²) in [7, 11) is 3.41. The number of hydrogen-bond acceptors (Lipinski definition) is 5. The van der Waals surface area contributed by atoms with Crippen molar-refractivity contribution in [1.29, 1.82) is 0 Å². The van der Waals surface area contributed by atoms with Crippen molar-refractivity contribution >= 4 is 23.4 Å². The number of fused-ring (bicyclic) bond motifs is 2. The van der Waals surface area contributed by atoms with Crippen molar-refractivity contribution in [3.63, 3.8) is 0 Å². The summed E-state index contributed by atoms with van der Waals surface area (Å²) in [6.07, 6.45) is 6.71. The first-order valence-electron chi connectivity index (χ1n) is 15.4. The van der Waals surface area contributed by atoms with Crippen LogP contribution in [0.3, 0.4) is 0 Å². The number of carbonyl (C=O) groups is 2. The molecule has 1 aromatic carbocycles. The van der Waals surface area contributed by atoms with Gasteiger partial charge in [-0.1, -0.05) is 0 Å². The van der Waals surface area contributed by atoms with Crippen LogP contribution in [0.25, 0.3) is 11.1 Å². The van der Waals surface area contributed by atoms with E-state index in [1.807, 2.05) is 11.0 Å². The van der Waals surface area contributed by atoms with Crippen LogP contribution in [-0.4, -0.2) is 74.5 Å². The van der Waals surface area contributed by atoms with E-state index in [0.717, 1.165) is 79.9 Å². The Hall–Kier alpha value is -3.96. The summed E-state index contributed by atoms with van der Waals surface area (Å²) in [6.45, 7) is 3.08. The van der Waals surface area contributed by atoms with Gasteiger partial charge in [0.1, 0.15) is 0 Å². The zero-order valence-corrected chi connectivity index (χ0v) is 24.7. The van der Waals surface area contributed by atoms with Crippen LogP contribution < -0.4 is 10.2 Å². The van der Waals surface area contributed by atoms with E-state index in [4.69, 9.17) is 5.10 Å². The van der Waals surface area contributed by atoms with Crippen LogP contribution in [0, 0.1) is 5.92 Å². The van der Waals surface area contributed by atoms with E-state index in [0.29, 0.717) is 37.2 Å². The second-order valence-corrected chi connectivity index (χ2v) is 12.3. The number of likely N-dealkylation sites (tertiary alicyclic amines) is 1. The molecule has 1 saturated carbocycles. The van der Waals surface area contributed by atoms with Crippen LogP contribution >= 0.6 is 0 Å². The lowest BCUT2D eigenvalue weighted by molar-refractivity contribution is -0.133. The fourth-order valence-corrected chi connectivity index (χ4v) is 7.06. The molecule has 0 radical (unpaired) electrons. The maximum absolute atomic E-state index is 14.5. The molecule has 43 heavy (non-hydrogen) atoms. The highest BCUT2D eigenvalue weighted by Crippen LogP contribution is 2.44. The normalized spacial score (nSPS) is 19.0. The number of piperidine rings is 1. The minimum Gasteiger partial charge on any atom is -0.342 e. The molecule has 228 valence electrons. The lowest BCUT2D eigenvalue weighted by Crippen LogP contribution is -2.42. The van der Waals surface area contributed by atoms with Gasteiger partial charge < -0.3 is 20.0 Å². The highest BCUT2D eigenvalue weighted by molar-refractivity contribution is 5.81. The van der Waals surface area contributed by atoms with Crippen LogP contribution in [0.15, 0.2) is 24.5 Å². The molecule has 1 saturated heterocycles.